The fourth-order valence-corrected chi connectivity index (χ4v) is 2.35. The molecule has 0 saturated heterocycles. The highest BCUT2D eigenvalue weighted by Gasteiger charge is 2.31. The van der Waals surface area contributed by atoms with Gasteiger partial charge in [0.05, 0.1) is 16.6 Å². The normalized spacial score (nSPS) is 12.0. The summed E-state index contributed by atoms with van der Waals surface area (Å²) >= 11 is 5.99. The summed E-state index contributed by atoms with van der Waals surface area (Å²) in [5, 5.41) is 0.209. The molecule has 0 aliphatic heterocycles. The third-order valence-electron chi connectivity index (χ3n) is 3.12. The van der Waals surface area contributed by atoms with E-state index in [1.807, 2.05) is 0 Å². The van der Waals surface area contributed by atoms with Gasteiger partial charge in [0, 0.05) is 10.6 Å². The molecule has 3 nitrogen and oxygen atoms in total. The highest BCUT2D eigenvalue weighted by Crippen LogP contribution is 2.36. The van der Waals surface area contributed by atoms with Crippen LogP contribution < -0.4 is 5.69 Å². The zero-order valence-electron chi connectivity index (χ0n) is 10.4. The van der Waals surface area contributed by atoms with Crippen molar-refractivity contribution in [3.05, 3.63) is 57.5 Å². The van der Waals surface area contributed by atoms with Crippen LogP contribution in [0.4, 0.5) is 13.2 Å². The average Bonchev–Trinajstić information content (AvgIpc) is 2.76. The van der Waals surface area contributed by atoms with Gasteiger partial charge in [-0.15, -0.1) is 0 Å². The Morgan fingerprint density at radius 1 is 0.952 bits per heavy atom. The summed E-state index contributed by atoms with van der Waals surface area (Å²) < 4.78 is 38.3. The Morgan fingerprint density at radius 3 is 2.38 bits per heavy atom. The number of hydrogen-bond acceptors (Lipinski definition) is 1. The number of alkyl halides is 3. The lowest BCUT2D eigenvalue weighted by Gasteiger charge is -2.10. The summed E-state index contributed by atoms with van der Waals surface area (Å²) in [6, 6.07) is 7.93. The molecule has 2 aromatic carbocycles. The smallest absolute Gasteiger partial charge is 0.306 e. The number of halogens is 4. The Bertz CT molecular complexity index is 880. The second-order valence-electron chi connectivity index (χ2n) is 4.53. The first kappa shape index (κ1) is 13.8. The monoisotopic (exact) mass is 312 g/mol. The molecule has 0 atom stereocenters. The van der Waals surface area contributed by atoms with Crippen LogP contribution in [0.1, 0.15) is 5.56 Å². The van der Waals surface area contributed by atoms with Crippen molar-refractivity contribution in [1.29, 1.82) is 0 Å². The molecule has 0 saturated carbocycles. The Balaban J connectivity index is 2.19. The standard InChI is InChI=1S/C14H8ClF3N2O/c15-10-3-2-8(14(16,17)18)6-9(10)7-1-4-11-12(5-7)20-13(21)19-11/h1-6H,(H2,19,20,21). The number of aromatic nitrogens is 2. The van der Waals surface area contributed by atoms with E-state index < -0.39 is 11.7 Å². The molecule has 3 aromatic rings. The molecule has 1 heterocycles. The van der Waals surface area contributed by atoms with Crippen LogP contribution in [0, 0.1) is 0 Å². The van der Waals surface area contributed by atoms with Gasteiger partial charge in [0.1, 0.15) is 0 Å². The topological polar surface area (TPSA) is 48.6 Å². The highest BCUT2D eigenvalue weighted by atomic mass is 35.5. The van der Waals surface area contributed by atoms with Crippen LogP contribution in [-0.2, 0) is 6.18 Å². The molecule has 3 rings (SSSR count). The van der Waals surface area contributed by atoms with Gasteiger partial charge in [-0.25, -0.2) is 4.79 Å². The molecular weight excluding hydrogens is 305 g/mol. The minimum atomic E-state index is -4.44. The summed E-state index contributed by atoms with van der Waals surface area (Å²) in [5.41, 5.74) is 0.684. The Morgan fingerprint density at radius 2 is 1.67 bits per heavy atom. The number of benzene rings is 2. The molecule has 0 radical (unpaired) electrons. The van der Waals surface area contributed by atoms with Gasteiger partial charge in [0.25, 0.3) is 0 Å². The molecule has 21 heavy (non-hydrogen) atoms. The van der Waals surface area contributed by atoms with E-state index in [0.29, 0.717) is 16.6 Å². The van der Waals surface area contributed by atoms with Gasteiger partial charge in [0.2, 0.25) is 0 Å². The average molecular weight is 313 g/mol. The second-order valence-corrected chi connectivity index (χ2v) is 4.94. The largest absolute Gasteiger partial charge is 0.416 e. The van der Waals surface area contributed by atoms with Gasteiger partial charge in [-0.2, -0.15) is 13.2 Å². The maximum Gasteiger partial charge on any atom is 0.416 e. The fraction of sp³-hybridized carbons (Fsp3) is 0.0714. The number of rotatable bonds is 1. The highest BCUT2D eigenvalue weighted by molar-refractivity contribution is 6.33. The molecule has 0 unspecified atom stereocenters. The van der Waals surface area contributed by atoms with Crippen LogP contribution >= 0.6 is 11.6 Å². The van der Waals surface area contributed by atoms with Crippen molar-refractivity contribution in [3.8, 4) is 11.1 Å². The summed E-state index contributed by atoms with van der Waals surface area (Å²) in [4.78, 5) is 16.3. The first-order valence-electron chi connectivity index (χ1n) is 5.94. The van der Waals surface area contributed by atoms with Crippen LogP contribution in [0.15, 0.2) is 41.2 Å². The third kappa shape index (κ3) is 2.54. The van der Waals surface area contributed by atoms with Crippen LogP contribution in [-0.4, -0.2) is 9.97 Å². The lowest BCUT2D eigenvalue weighted by molar-refractivity contribution is -0.137. The van der Waals surface area contributed by atoms with Gasteiger partial charge in [-0.3, -0.25) is 0 Å². The van der Waals surface area contributed by atoms with Crippen molar-refractivity contribution in [3.63, 3.8) is 0 Å². The van der Waals surface area contributed by atoms with E-state index in [9.17, 15) is 18.0 Å². The van der Waals surface area contributed by atoms with E-state index in [0.717, 1.165) is 12.1 Å². The number of hydrogen-bond donors (Lipinski definition) is 2. The number of nitrogens with one attached hydrogen (secondary N) is 2. The predicted molar refractivity (Wildman–Crippen MR) is 74.4 cm³/mol. The number of fused-ring (bicyclic) bond motifs is 1. The molecule has 0 fully saturated rings. The Labute approximate surface area is 121 Å². The van der Waals surface area contributed by atoms with Gasteiger partial charge in [-0.05, 0) is 35.9 Å². The van der Waals surface area contributed by atoms with E-state index in [-0.39, 0.29) is 16.3 Å². The molecule has 0 spiro atoms. The summed E-state index contributed by atoms with van der Waals surface area (Å²) in [5.74, 6) is 0. The lowest BCUT2D eigenvalue weighted by atomic mass is 10.0. The van der Waals surface area contributed by atoms with E-state index >= 15 is 0 Å². The fourth-order valence-electron chi connectivity index (χ4n) is 2.12. The zero-order chi connectivity index (χ0) is 15.2. The first-order chi connectivity index (χ1) is 9.84. The molecular formula is C14H8ClF3N2O. The lowest BCUT2D eigenvalue weighted by Crippen LogP contribution is -2.04. The Hall–Kier alpha value is -2.21. The maximum atomic E-state index is 12.8. The Kier molecular flexibility index (Phi) is 3.06. The number of aromatic amines is 2. The van der Waals surface area contributed by atoms with E-state index in [2.05, 4.69) is 9.97 Å². The van der Waals surface area contributed by atoms with Crippen molar-refractivity contribution < 1.29 is 13.2 Å². The first-order valence-corrected chi connectivity index (χ1v) is 6.31. The van der Waals surface area contributed by atoms with Crippen molar-refractivity contribution in [2.75, 3.05) is 0 Å². The molecule has 2 N–H and O–H groups in total. The number of H-pyrrole nitrogens is 2. The maximum absolute atomic E-state index is 12.8. The van der Waals surface area contributed by atoms with Gasteiger partial charge >= 0.3 is 11.9 Å². The van der Waals surface area contributed by atoms with E-state index in [4.69, 9.17) is 11.6 Å². The van der Waals surface area contributed by atoms with Crippen molar-refractivity contribution in [1.82, 2.24) is 9.97 Å². The molecule has 0 amide bonds. The number of imidazole rings is 1. The quantitative estimate of drug-likeness (QED) is 0.695. The van der Waals surface area contributed by atoms with Crippen LogP contribution in [0.25, 0.3) is 22.2 Å². The zero-order valence-corrected chi connectivity index (χ0v) is 11.1. The van der Waals surface area contributed by atoms with Gasteiger partial charge in [0.15, 0.2) is 0 Å². The summed E-state index contributed by atoms with van der Waals surface area (Å²) in [6.45, 7) is 0. The summed E-state index contributed by atoms with van der Waals surface area (Å²) in [6.07, 6.45) is -4.44. The van der Waals surface area contributed by atoms with Crippen molar-refractivity contribution in [2.45, 2.75) is 6.18 Å². The van der Waals surface area contributed by atoms with E-state index in [1.54, 1.807) is 18.2 Å². The van der Waals surface area contributed by atoms with Crippen LogP contribution in [0.3, 0.4) is 0 Å². The molecule has 0 aliphatic carbocycles. The molecule has 108 valence electrons. The van der Waals surface area contributed by atoms with E-state index in [1.165, 1.54) is 6.07 Å². The van der Waals surface area contributed by atoms with Crippen molar-refractivity contribution in [2.24, 2.45) is 0 Å². The molecule has 0 aliphatic rings. The minimum absolute atomic E-state index is 0.209. The van der Waals surface area contributed by atoms with Crippen LogP contribution in [0.2, 0.25) is 5.02 Å². The summed E-state index contributed by atoms with van der Waals surface area (Å²) in [7, 11) is 0. The van der Waals surface area contributed by atoms with Crippen LogP contribution in [0.5, 0.6) is 0 Å². The van der Waals surface area contributed by atoms with Gasteiger partial charge in [-0.1, -0.05) is 17.7 Å². The molecule has 0 bridgehead atoms. The SMILES string of the molecule is O=c1[nH]c2ccc(-c3cc(C(F)(F)F)ccc3Cl)cc2[nH]1. The second kappa shape index (κ2) is 4.66. The predicted octanol–water partition coefficient (Wildman–Crippen LogP) is 4.20. The molecule has 7 heteroatoms. The molecule has 1 aromatic heterocycles. The minimum Gasteiger partial charge on any atom is -0.306 e. The van der Waals surface area contributed by atoms with Gasteiger partial charge < -0.3 is 9.97 Å². The van der Waals surface area contributed by atoms with Crippen molar-refractivity contribution >= 4 is 22.6 Å². The third-order valence-corrected chi connectivity index (χ3v) is 3.45.